The van der Waals surface area contributed by atoms with Crippen molar-refractivity contribution in [3.63, 3.8) is 0 Å². The molecule has 1 aromatic carbocycles. The summed E-state index contributed by atoms with van der Waals surface area (Å²) < 4.78 is 13.7. The van der Waals surface area contributed by atoms with Crippen LogP contribution in [-0.2, 0) is 9.59 Å². The Balaban J connectivity index is 1.80. The van der Waals surface area contributed by atoms with E-state index >= 15 is 0 Å². The van der Waals surface area contributed by atoms with Gasteiger partial charge >= 0.3 is 11.8 Å². The predicted molar refractivity (Wildman–Crippen MR) is 91.3 cm³/mol. The molecule has 2 rings (SSSR count). The number of likely N-dealkylation sites (N-methyl/N-ethyl adjacent to an activating group) is 1. The summed E-state index contributed by atoms with van der Waals surface area (Å²) in [5.74, 6) is -2.17. The predicted octanol–water partition coefficient (Wildman–Crippen LogP) is 0.825. The molecular weight excluding hydrogens is 311 g/mol. The van der Waals surface area contributed by atoms with Gasteiger partial charge in [-0.1, -0.05) is 6.07 Å². The Bertz CT molecular complexity index is 600. The SMILES string of the molecule is Cc1ccc(NC(=O)C(=O)NC[C@@H](C)N2CCN(C)CC2)c(F)c1. The number of piperazine rings is 1. The highest BCUT2D eigenvalue weighted by atomic mass is 19.1. The molecule has 2 amide bonds. The number of anilines is 1. The van der Waals surface area contributed by atoms with Crippen molar-refractivity contribution < 1.29 is 14.0 Å². The molecule has 1 atom stereocenters. The summed E-state index contributed by atoms with van der Waals surface area (Å²) in [6.45, 7) is 8.01. The van der Waals surface area contributed by atoms with Crippen molar-refractivity contribution >= 4 is 17.5 Å². The van der Waals surface area contributed by atoms with Crippen molar-refractivity contribution in [3.8, 4) is 0 Å². The van der Waals surface area contributed by atoms with E-state index in [2.05, 4.69) is 27.5 Å². The van der Waals surface area contributed by atoms with E-state index in [9.17, 15) is 14.0 Å². The first-order valence-corrected chi connectivity index (χ1v) is 8.14. The largest absolute Gasteiger partial charge is 0.346 e. The van der Waals surface area contributed by atoms with E-state index < -0.39 is 17.6 Å². The molecule has 0 saturated carbocycles. The molecule has 2 N–H and O–H groups in total. The van der Waals surface area contributed by atoms with Crippen LogP contribution in [0.15, 0.2) is 18.2 Å². The molecule has 1 fully saturated rings. The zero-order chi connectivity index (χ0) is 17.7. The third kappa shape index (κ3) is 5.01. The first-order valence-electron chi connectivity index (χ1n) is 8.14. The third-order valence-electron chi connectivity index (χ3n) is 4.30. The minimum atomic E-state index is -0.858. The molecule has 0 radical (unpaired) electrons. The van der Waals surface area contributed by atoms with Crippen LogP contribution in [0, 0.1) is 12.7 Å². The molecule has 0 aliphatic carbocycles. The molecule has 1 aromatic rings. The Morgan fingerprint density at radius 2 is 1.88 bits per heavy atom. The summed E-state index contributed by atoms with van der Waals surface area (Å²) in [5.41, 5.74) is 0.754. The average Bonchev–Trinajstić information content (AvgIpc) is 2.55. The maximum Gasteiger partial charge on any atom is 0.313 e. The van der Waals surface area contributed by atoms with Gasteiger partial charge in [-0.25, -0.2) is 4.39 Å². The van der Waals surface area contributed by atoms with Gasteiger partial charge in [0, 0.05) is 38.8 Å². The van der Waals surface area contributed by atoms with Crippen molar-refractivity contribution in [2.75, 3.05) is 45.1 Å². The highest BCUT2D eigenvalue weighted by Gasteiger charge is 2.21. The quantitative estimate of drug-likeness (QED) is 0.799. The monoisotopic (exact) mass is 336 g/mol. The average molecular weight is 336 g/mol. The van der Waals surface area contributed by atoms with Crippen molar-refractivity contribution in [2.24, 2.45) is 0 Å². The Morgan fingerprint density at radius 3 is 2.50 bits per heavy atom. The fourth-order valence-corrected chi connectivity index (χ4v) is 2.61. The molecule has 1 heterocycles. The van der Waals surface area contributed by atoms with E-state index in [0.717, 1.165) is 31.7 Å². The van der Waals surface area contributed by atoms with Gasteiger partial charge in [0.05, 0.1) is 5.69 Å². The van der Waals surface area contributed by atoms with Crippen LogP contribution in [0.4, 0.5) is 10.1 Å². The van der Waals surface area contributed by atoms with Gasteiger partial charge in [0.2, 0.25) is 0 Å². The van der Waals surface area contributed by atoms with Crippen LogP contribution in [0.3, 0.4) is 0 Å². The summed E-state index contributed by atoms with van der Waals surface area (Å²) in [6.07, 6.45) is 0. The smallest absolute Gasteiger partial charge is 0.313 e. The van der Waals surface area contributed by atoms with Crippen LogP contribution in [0.5, 0.6) is 0 Å². The summed E-state index contributed by atoms with van der Waals surface area (Å²) in [6, 6.07) is 4.57. The Labute approximate surface area is 142 Å². The van der Waals surface area contributed by atoms with Crippen LogP contribution < -0.4 is 10.6 Å². The van der Waals surface area contributed by atoms with Gasteiger partial charge in [0.25, 0.3) is 0 Å². The molecule has 0 bridgehead atoms. The minimum absolute atomic E-state index is 0.00728. The summed E-state index contributed by atoms with van der Waals surface area (Å²) in [7, 11) is 2.08. The second kappa shape index (κ2) is 8.21. The van der Waals surface area contributed by atoms with Crippen molar-refractivity contribution in [1.29, 1.82) is 0 Å². The van der Waals surface area contributed by atoms with Crippen LogP contribution in [0.25, 0.3) is 0 Å². The van der Waals surface area contributed by atoms with Crippen LogP contribution in [-0.4, -0.2) is 67.4 Å². The number of nitrogens with one attached hydrogen (secondary N) is 2. The maximum absolute atomic E-state index is 13.7. The molecule has 0 spiro atoms. The molecule has 132 valence electrons. The molecule has 1 aliphatic rings. The molecule has 0 aromatic heterocycles. The van der Waals surface area contributed by atoms with Gasteiger partial charge in [-0.05, 0) is 38.6 Å². The van der Waals surface area contributed by atoms with Crippen LogP contribution in [0.1, 0.15) is 12.5 Å². The van der Waals surface area contributed by atoms with E-state index in [1.807, 2.05) is 6.92 Å². The summed E-state index contributed by atoms with van der Waals surface area (Å²) >= 11 is 0. The zero-order valence-corrected chi connectivity index (χ0v) is 14.4. The van der Waals surface area contributed by atoms with E-state index in [1.54, 1.807) is 13.0 Å². The highest BCUT2D eigenvalue weighted by molar-refractivity contribution is 6.39. The molecule has 1 saturated heterocycles. The van der Waals surface area contributed by atoms with Crippen molar-refractivity contribution in [3.05, 3.63) is 29.6 Å². The van der Waals surface area contributed by atoms with Gasteiger partial charge < -0.3 is 15.5 Å². The number of rotatable bonds is 4. The maximum atomic E-state index is 13.7. The van der Waals surface area contributed by atoms with Gasteiger partial charge in [-0.15, -0.1) is 0 Å². The molecule has 0 unspecified atom stereocenters. The van der Waals surface area contributed by atoms with E-state index in [4.69, 9.17) is 0 Å². The van der Waals surface area contributed by atoms with Gasteiger partial charge in [-0.2, -0.15) is 0 Å². The number of hydrogen-bond donors (Lipinski definition) is 2. The molecule has 24 heavy (non-hydrogen) atoms. The Kier molecular flexibility index (Phi) is 6.28. The minimum Gasteiger partial charge on any atom is -0.346 e. The third-order valence-corrected chi connectivity index (χ3v) is 4.30. The first kappa shape index (κ1) is 18.4. The van der Waals surface area contributed by atoms with Gasteiger partial charge in [-0.3, -0.25) is 14.5 Å². The lowest BCUT2D eigenvalue weighted by Gasteiger charge is -2.36. The molecular formula is C17H25FN4O2. The van der Waals surface area contributed by atoms with Crippen molar-refractivity contribution in [1.82, 2.24) is 15.1 Å². The van der Waals surface area contributed by atoms with Crippen LogP contribution in [0.2, 0.25) is 0 Å². The Morgan fingerprint density at radius 1 is 1.21 bits per heavy atom. The highest BCUT2D eigenvalue weighted by Crippen LogP contribution is 2.15. The lowest BCUT2D eigenvalue weighted by Crippen LogP contribution is -2.52. The second-order valence-corrected chi connectivity index (χ2v) is 6.34. The van der Waals surface area contributed by atoms with E-state index in [0.29, 0.717) is 6.54 Å². The summed E-state index contributed by atoms with van der Waals surface area (Å²) in [5, 5.41) is 4.91. The number of aryl methyl sites for hydroxylation is 1. The van der Waals surface area contributed by atoms with Gasteiger partial charge in [0.1, 0.15) is 5.82 Å². The second-order valence-electron chi connectivity index (χ2n) is 6.34. The fourth-order valence-electron chi connectivity index (χ4n) is 2.61. The molecule has 1 aliphatic heterocycles. The van der Waals surface area contributed by atoms with E-state index in [1.165, 1.54) is 12.1 Å². The van der Waals surface area contributed by atoms with Crippen LogP contribution >= 0.6 is 0 Å². The number of hydrogen-bond acceptors (Lipinski definition) is 4. The molecule has 7 heteroatoms. The lowest BCUT2D eigenvalue weighted by molar-refractivity contribution is -0.136. The summed E-state index contributed by atoms with van der Waals surface area (Å²) in [4.78, 5) is 28.3. The Hall–Kier alpha value is -1.99. The first-order chi connectivity index (χ1) is 11.4. The topological polar surface area (TPSA) is 64.7 Å². The number of nitrogens with zero attached hydrogens (tertiary/aromatic N) is 2. The van der Waals surface area contributed by atoms with Crippen molar-refractivity contribution in [2.45, 2.75) is 19.9 Å². The fraction of sp³-hybridized carbons (Fsp3) is 0.529. The normalized spacial score (nSPS) is 17.3. The lowest BCUT2D eigenvalue weighted by atomic mass is 10.2. The number of benzene rings is 1. The standard InChI is InChI=1S/C17H25FN4O2/c1-12-4-5-15(14(18)10-12)20-17(24)16(23)19-11-13(2)22-8-6-21(3)7-9-22/h4-5,10,13H,6-9,11H2,1-3H3,(H,19,23)(H,20,24)/t13-/m1/s1. The van der Waals surface area contributed by atoms with Gasteiger partial charge in [0.15, 0.2) is 0 Å². The molecule has 6 nitrogen and oxygen atoms in total. The van der Waals surface area contributed by atoms with E-state index in [-0.39, 0.29) is 11.7 Å². The number of carbonyl (C=O) groups is 2. The zero-order valence-electron chi connectivity index (χ0n) is 14.4. The number of amides is 2. The number of halogens is 1. The number of carbonyl (C=O) groups excluding carboxylic acids is 2.